The van der Waals surface area contributed by atoms with Gasteiger partial charge in [0.15, 0.2) is 0 Å². The van der Waals surface area contributed by atoms with E-state index in [4.69, 9.17) is 4.74 Å². The van der Waals surface area contributed by atoms with Crippen LogP contribution in [-0.2, 0) is 19.6 Å². The van der Waals surface area contributed by atoms with Gasteiger partial charge in [0, 0.05) is 18.9 Å². The molecule has 0 radical (unpaired) electrons. The molecule has 5 heteroatoms. The van der Waals surface area contributed by atoms with Crippen LogP contribution in [0.5, 0.6) is 5.75 Å². The van der Waals surface area contributed by atoms with Crippen molar-refractivity contribution in [1.29, 1.82) is 0 Å². The van der Waals surface area contributed by atoms with Gasteiger partial charge in [0.25, 0.3) is 0 Å². The highest BCUT2D eigenvalue weighted by Crippen LogP contribution is 2.37. The molecule has 1 aliphatic carbocycles. The average molecular weight is 315 g/mol. The smallest absolute Gasteiger partial charge is 0.119 e. The van der Waals surface area contributed by atoms with Crippen LogP contribution in [-0.4, -0.2) is 26.7 Å². The number of hydrogen-bond donors (Lipinski definition) is 1. The van der Waals surface area contributed by atoms with Crippen molar-refractivity contribution >= 4 is 0 Å². The Morgan fingerprint density at radius 1 is 1.26 bits per heavy atom. The van der Waals surface area contributed by atoms with Gasteiger partial charge >= 0.3 is 0 Å². The fourth-order valence-electron chi connectivity index (χ4n) is 2.99. The van der Waals surface area contributed by atoms with Gasteiger partial charge in [0.2, 0.25) is 0 Å². The van der Waals surface area contributed by atoms with Gasteiger partial charge in [-0.3, -0.25) is 0 Å². The molecular weight excluding hydrogens is 290 g/mol. The van der Waals surface area contributed by atoms with Gasteiger partial charge in [-0.25, -0.2) is 4.68 Å². The molecule has 5 nitrogen and oxygen atoms in total. The molecule has 1 aromatic carbocycles. The topological polar surface area (TPSA) is 60.2 Å². The first-order valence-electron chi connectivity index (χ1n) is 8.56. The maximum Gasteiger partial charge on any atom is 0.119 e. The van der Waals surface area contributed by atoms with Crippen LogP contribution in [0, 0.1) is 0 Å². The highest BCUT2D eigenvalue weighted by Gasteiger charge is 2.27. The third-order valence-corrected chi connectivity index (χ3v) is 4.60. The molecule has 0 spiro atoms. The summed E-state index contributed by atoms with van der Waals surface area (Å²) in [7, 11) is 0. The van der Waals surface area contributed by atoms with E-state index in [2.05, 4.69) is 29.4 Å². The number of ether oxygens (including phenoxy) is 1. The van der Waals surface area contributed by atoms with Crippen LogP contribution >= 0.6 is 0 Å². The zero-order valence-electron chi connectivity index (χ0n) is 13.7. The second kappa shape index (κ2) is 7.59. The lowest BCUT2D eigenvalue weighted by Crippen LogP contribution is -2.17. The lowest BCUT2D eigenvalue weighted by atomic mass is 9.82. The summed E-state index contributed by atoms with van der Waals surface area (Å²) in [4.78, 5) is 0. The Balaban J connectivity index is 1.51. The number of aryl methyl sites for hydroxylation is 2. The fraction of sp³-hybridized carbons (Fsp3) is 0.556. The number of benzene rings is 1. The van der Waals surface area contributed by atoms with Crippen molar-refractivity contribution in [3.8, 4) is 5.75 Å². The molecule has 2 aromatic rings. The molecule has 23 heavy (non-hydrogen) atoms. The Bertz CT molecular complexity index is 618. The van der Waals surface area contributed by atoms with Crippen molar-refractivity contribution in [2.45, 2.75) is 58.1 Å². The first-order valence-corrected chi connectivity index (χ1v) is 8.56. The quantitative estimate of drug-likeness (QED) is 0.761. The molecule has 0 aliphatic heterocycles. The lowest BCUT2D eigenvalue weighted by Gasteiger charge is -2.26. The van der Waals surface area contributed by atoms with E-state index in [9.17, 15) is 5.11 Å². The largest absolute Gasteiger partial charge is 0.494 e. The number of aromatic nitrogens is 3. The lowest BCUT2D eigenvalue weighted by molar-refractivity contribution is 0.270. The van der Waals surface area contributed by atoms with E-state index >= 15 is 0 Å². The molecule has 0 bridgehead atoms. The maximum absolute atomic E-state index is 9.42. The van der Waals surface area contributed by atoms with E-state index in [0.29, 0.717) is 12.5 Å². The van der Waals surface area contributed by atoms with Crippen LogP contribution in [0.3, 0.4) is 0 Å². The van der Waals surface area contributed by atoms with E-state index in [-0.39, 0.29) is 6.61 Å². The highest BCUT2D eigenvalue weighted by atomic mass is 16.5. The van der Waals surface area contributed by atoms with Crippen molar-refractivity contribution < 1.29 is 9.84 Å². The van der Waals surface area contributed by atoms with Crippen LogP contribution < -0.4 is 4.74 Å². The predicted molar refractivity (Wildman–Crippen MR) is 88.5 cm³/mol. The van der Waals surface area contributed by atoms with Crippen molar-refractivity contribution in [3.05, 3.63) is 41.2 Å². The number of aliphatic hydroxyl groups excluding tert-OH is 1. The van der Waals surface area contributed by atoms with Gasteiger partial charge in [-0.15, -0.1) is 5.10 Å². The Labute approximate surface area is 137 Å². The Hall–Kier alpha value is -1.88. The minimum atomic E-state index is -0.0217. The van der Waals surface area contributed by atoms with Gasteiger partial charge in [-0.05, 0) is 37.0 Å². The van der Waals surface area contributed by atoms with E-state index in [1.54, 1.807) is 0 Å². The first kappa shape index (κ1) is 16.0. The number of aliphatic hydroxyl groups is 1. The van der Waals surface area contributed by atoms with Crippen LogP contribution in [0.2, 0.25) is 0 Å². The molecule has 3 rings (SSSR count). The summed E-state index contributed by atoms with van der Waals surface area (Å²) in [5, 5.41) is 17.7. The van der Waals surface area contributed by atoms with E-state index in [1.807, 2.05) is 16.8 Å². The SMILES string of the molecule is CCc1ccc(OCCCn2nnc(CO)c2C2CCC2)cc1. The Morgan fingerprint density at radius 2 is 2.04 bits per heavy atom. The van der Waals surface area contributed by atoms with Crippen LogP contribution in [0.15, 0.2) is 24.3 Å². The zero-order valence-corrected chi connectivity index (χ0v) is 13.7. The molecule has 124 valence electrons. The van der Waals surface area contributed by atoms with Crippen molar-refractivity contribution in [2.75, 3.05) is 6.61 Å². The summed E-state index contributed by atoms with van der Waals surface area (Å²) in [6.45, 7) is 3.57. The third kappa shape index (κ3) is 3.72. The summed E-state index contributed by atoms with van der Waals surface area (Å²) < 4.78 is 7.75. The van der Waals surface area contributed by atoms with Crippen LogP contribution in [0.1, 0.15) is 55.5 Å². The summed E-state index contributed by atoms with van der Waals surface area (Å²) in [6, 6.07) is 8.26. The number of hydrogen-bond acceptors (Lipinski definition) is 4. The van der Waals surface area contributed by atoms with E-state index < -0.39 is 0 Å². The second-order valence-corrected chi connectivity index (χ2v) is 6.13. The number of nitrogens with zero attached hydrogens (tertiary/aromatic N) is 3. The summed E-state index contributed by atoms with van der Waals surface area (Å²) in [5.74, 6) is 1.44. The molecule has 1 aliphatic rings. The molecule has 1 heterocycles. The van der Waals surface area contributed by atoms with E-state index in [1.165, 1.54) is 24.8 Å². The predicted octanol–water partition coefficient (Wildman–Crippen LogP) is 3.07. The maximum atomic E-state index is 9.42. The van der Waals surface area contributed by atoms with Crippen molar-refractivity contribution in [2.24, 2.45) is 0 Å². The normalized spacial score (nSPS) is 14.7. The molecule has 1 aromatic heterocycles. The molecule has 0 amide bonds. The Kier molecular flexibility index (Phi) is 5.28. The summed E-state index contributed by atoms with van der Waals surface area (Å²) >= 11 is 0. The summed E-state index contributed by atoms with van der Waals surface area (Å²) in [6.07, 6.45) is 5.55. The fourth-order valence-corrected chi connectivity index (χ4v) is 2.99. The minimum absolute atomic E-state index is 0.0217. The minimum Gasteiger partial charge on any atom is -0.494 e. The monoisotopic (exact) mass is 315 g/mol. The Morgan fingerprint density at radius 3 is 2.65 bits per heavy atom. The summed E-state index contributed by atoms with van der Waals surface area (Å²) in [5.41, 5.74) is 3.19. The standard InChI is InChI=1S/C18H25N3O2/c1-2-14-7-9-16(10-8-14)23-12-4-11-21-18(15-5-3-6-15)17(13-22)19-20-21/h7-10,15,22H,2-6,11-13H2,1H3. The number of rotatable bonds is 8. The molecular formula is C18H25N3O2. The van der Waals surface area contributed by atoms with Gasteiger partial charge < -0.3 is 9.84 Å². The van der Waals surface area contributed by atoms with Crippen molar-refractivity contribution in [3.63, 3.8) is 0 Å². The molecule has 1 saturated carbocycles. The van der Waals surface area contributed by atoms with Gasteiger partial charge in [0.05, 0.1) is 18.9 Å². The molecule has 1 fully saturated rings. The highest BCUT2D eigenvalue weighted by molar-refractivity contribution is 5.27. The van der Waals surface area contributed by atoms with Gasteiger partial charge in [0.1, 0.15) is 11.4 Å². The van der Waals surface area contributed by atoms with Crippen LogP contribution in [0.4, 0.5) is 0 Å². The van der Waals surface area contributed by atoms with Gasteiger partial charge in [-0.1, -0.05) is 30.7 Å². The second-order valence-electron chi connectivity index (χ2n) is 6.13. The first-order chi connectivity index (χ1) is 11.3. The zero-order chi connectivity index (χ0) is 16.1. The third-order valence-electron chi connectivity index (χ3n) is 4.60. The molecule has 0 unspecified atom stereocenters. The van der Waals surface area contributed by atoms with Crippen LogP contribution in [0.25, 0.3) is 0 Å². The molecule has 0 saturated heterocycles. The molecule has 0 atom stereocenters. The molecule has 1 N–H and O–H groups in total. The van der Waals surface area contributed by atoms with Crippen molar-refractivity contribution in [1.82, 2.24) is 15.0 Å². The van der Waals surface area contributed by atoms with Gasteiger partial charge in [-0.2, -0.15) is 0 Å². The average Bonchev–Trinajstić information content (AvgIpc) is 2.93. The van der Waals surface area contributed by atoms with E-state index in [0.717, 1.165) is 36.5 Å².